The number of aromatic nitrogens is 3. The summed E-state index contributed by atoms with van der Waals surface area (Å²) in [6.07, 6.45) is 2.69. The summed E-state index contributed by atoms with van der Waals surface area (Å²) in [5.74, 6) is -0.576. The molecule has 0 radical (unpaired) electrons. The summed E-state index contributed by atoms with van der Waals surface area (Å²) in [6, 6.07) is 0. The molecule has 0 fully saturated rings. The third-order valence-electron chi connectivity index (χ3n) is 1.98. The van der Waals surface area contributed by atoms with Crippen LogP contribution < -0.4 is 4.98 Å². The van der Waals surface area contributed by atoms with Crippen LogP contribution in [0.3, 0.4) is 0 Å². The molecule has 15 heavy (non-hydrogen) atoms. The van der Waals surface area contributed by atoms with Gasteiger partial charge in [0.25, 0.3) is 12.0 Å². The van der Waals surface area contributed by atoms with Gasteiger partial charge in [-0.1, -0.05) is 0 Å². The zero-order valence-electron chi connectivity index (χ0n) is 7.77. The Hall–Kier alpha value is -2.31. The van der Waals surface area contributed by atoms with Crippen molar-refractivity contribution in [3.8, 4) is 0 Å². The fourth-order valence-corrected chi connectivity index (χ4v) is 1.30. The van der Waals surface area contributed by atoms with Gasteiger partial charge in [0.15, 0.2) is 11.2 Å². The van der Waals surface area contributed by atoms with Gasteiger partial charge in [-0.05, 0) is 10.2 Å². The Morgan fingerprint density at radius 2 is 2.47 bits per heavy atom. The van der Waals surface area contributed by atoms with E-state index in [9.17, 15) is 9.70 Å². The van der Waals surface area contributed by atoms with Gasteiger partial charge in [-0.3, -0.25) is 0 Å². The predicted molar refractivity (Wildman–Crippen MR) is 49.4 cm³/mol. The van der Waals surface area contributed by atoms with Crippen molar-refractivity contribution in [3.05, 3.63) is 23.1 Å². The van der Waals surface area contributed by atoms with E-state index in [2.05, 4.69) is 24.9 Å². The van der Waals surface area contributed by atoms with Crippen molar-refractivity contribution in [1.82, 2.24) is 9.97 Å². The smallest absolute Gasteiger partial charge is 0.385 e. The zero-order chi connectivity index (χ0) is 10.8. The first-order valence-electron chi connectivity index (χ1n) is 4.07. The van der Waals surface area contributed by atoms with Gasteiger partial charge in [-0.2, -0.15) is 0 Å². The molecule has 0 unspecified atom stereocenters. The van der Waals surface area contributed by atoms with Crippen molar-refractivity contribution in [3.63, 3.8) is 0 Å². The molecule has 0 aliphatic heterocycles. The highest BCUT2D eigenvalue weighted by molar-refractivity contribution is 6.01. The van der Waals surface area contributed by atoms with Gasteiger partial charge in [-0.15, -0.1) is 4.91 Å². The molecule has 7 heteroatoms. The van der Waals surface area contributed by atoms with Crippen LogP contribution in [0.15, 0.2) is 17.7 Å². The molecule has 0 saturated heterocycles. The normalized spacial score (nSPS) is 10.2. The number of nitrogens with zero attached hydrogens (tertiary/aromatic N) is 2. The quantitative estimate of drug-likeness (QED) is 0.574. The van der Waals surface area contributed by atoms with Crippen LogP contribution in [0.2, 0.25) is 0 Å². The number of nitroso groups, excluding NO2 is 1. The highest BCUT2D eigenvalue weighted by Crippen LogP contribution is 2.22. The first kappa shape index (κ1) is 9.25. The minimum Gasteiger partial charge on any atom is -0.463 e. The molecule has 0 aromatic carbocycles. The minimum atomic E-state index is -0.576. The molecule has 0 spiro atoms. The van der Waals surface area contributed by atoms with Gasteiger partial charge in [0.05, 0.1) is 7.11 Å². The lowest BCUT2D eigenvalue weighted by Gasteiger charge is -1.92. The van der Waals surface area contributed by atoms with E-state index >= 15 is 0 Å². The number of hydrogen-bond acceptors (Lipinski definition) is 5. The van der Waals surface area contributed by atoms with Gasteiger partial charge in [0.2, 0.25) is 0 Å². The maximum Gasteiger partial charge on any atom is 0.385 e. The largest absolute Gasteiger partial charge is 0.463 e. The molecule has 0 aliphatic rings. The van der Waals surface area contributed by atoms with Crippen LogP contribution in [-0.4, -0.2) is 23.0 Å². The van der Waals surface area contributed by atoms with Crippen molar-refractivity contribution in [1.29, 1.82) is 0 Å². The van der Waals surface area contributed by atoms with Crippen LogP contribution in [0.1, 0.15) is 10.5 Å². The SMILES string of the molecule is COC(=O)c1nc[nH+]c2c(N=O)c[nH]c12. The van der Waals surface area contributed by atoms with Gasteiger partial charge in [0.1, 0.15) is 5.52 Å². The second-order valence-electron chi connectivity index (χ2n) is 2.76. The summed E-state index contributed by atoms with van der Waals surface area (Å²) in [6.45, 7) is 0. The maximum absolute atomic E-state index is 11.3. The highest BCUT2D eigenvalue weighted by Gasteiger charge is 2.22. The molecular formula is C8H7N4O3+. The third-order valence-corrected chi connectivity index (χ3v) is 1.98. The number of carbonyl (C=O) groups excluding carboxylic acids is 1. The third kappa shape index (κ3) is 1.33. The number of carbonyl (C=O) groups is 1. The monoisotopic (exact) mass is 207 g/mol. The van der Waals surface area contributed by atoms with Gasteiger partial charge in [-0.25, -0.2) is 9.78 Å². The number of fused-ring (bicyclic) bond motifs is 1. The maximum atomic E-state index is 11.3. The first-order chi connectivity index (χ1) is 7.27. The number of rotatable bonds is 2. The van der Waals surface area contributed by atoms with Crippen molar-refractivity contribution >= 4 is 22.7 Å². The highest BCUT2D eigenvalue weighted by atomic mass is 16.5. The van der Waals surface area contributed by atoms with Gasteiger partial charge in [0, 0.05) is 6.20 Å². The summed E-state index contributed by atoms with van der Waals surface area (Å²) in [5, 5.41) is 2.79. The van der Waals surface area contributed by atoms with Crippen LogP contribution in [0, 0.1) is 4.91 Å². The van der Waals surface area contributed by atoms with E-state index in [1.165, 1.54) is 19.6 Å². The second-order valence-corrected chi connectivity index (χ2v) is 2.76. The molecule has 0 bridgehead atoms. The predicted octanol–water partition coefficient (Wildman–Crippen LogP) is 0.561. The summed E-state index contributed by atoms with van der Waals surface area (Å²) in [4.78, 5) is 31.0. The number of methoxy groups -OCH3 is 1. The fourth-order valence-electron chi connectivity index (χ4n) is 1.30. The van der Waals surface area contributed by atoms with E-state index in [-0.39, 0.29) is 11.4 Å². The molecule has 0 aliphatic carbocycles. The van der Waals surface area contributed by atoms with E-state index in [4.69, 9.17) is 0 Å². The Morgan fingerprint density at radius 1 is 1.67 bits per heavy atom. The molecule has 2 heterocycles. The Morgan fingerprint density at radius 3 is 3.13 bits per heavy atom. The number of nitrogens with one attached hydrogen (secondary N) is 2. The van der Waals surface area contributed by atoms with Crippen molar-refractivity contribution in [2.75, 3.05) is 7.11 Å². The van der Waals surface area contributed by atoms with Crippen molar-refractivity contribution in [2.24, 2.45) is 5.18 Å². The number of ether oxygens (including phenoxy) is 1. The van der Waals surface area contributed by atoms with Crippen LogP contribution in [-0.2, 0) is 4.74 Å². The topological polar surface area (TPSA) is 98.5 Å². The Bertz CT molecular complexity index is 534. The molecule has 0 saturated carbocycles. The summed E-state index contributed by atoms with van der Waals surface area (Å²) >= 11 is 0. The number of aromatic amines is 2. The lowest BCUT2D eigenvalue weighted by Crippen LogP contribution is -2.11. The lowest BCUT2D eigenvalue weighted by atomic mass is 10.3. The summed E-state index contributed by atoms with van der Waals surface area (Å²) in [5.41, 5.74) is 1.14. The van der Waals surface area contributed by atoms with Crippen LogP contribution in [0.5, 0.6) is 0 Å². The molecule has 0 atom stereocenters. The van der Waals surface area contributed by atoms with E-state index in [0.29, 0.717) is 11.0 Å². The molecule has 7 nitrogen and oxygen atoms in total. The van der Waals surface area contributed by atoms with E-state index in [0.717, 1.165) is 0 Å². The van der Waals surface area contributed by atoms with Gasteiger partial charge < -0.3 is 9.72 Å². The van der Waals surface area contributed by atoms with E-state index < -0.39 is 5.97 Å². The molecular weight excluding hydrogens is 200 g/mol. The fraction of sp³-hybridized carbons (Fsp3) is 0.125. The standard InChI is InChI=1S/C8H6N4O3/c1-15-8(13)7-6-5(10-3-11-7)4(12-14)2-9-6/h2-3,9H,1H3/p+1. The number of esters is 1. The van der Waals surface area contributed by atoms with E-state index in [1.54, 1.807) is 0 Å². The van der Waals surface area contributed by atoms with Crippen LogP contribution in [0.4, 0.5) is 5.69 Å². The Balaban J connectivity index is 2.72. The summed E-state index contributed by atoms with van der Waals surface area (Å²) < 4.78 is 4.54. The van der Waals surface area contributed by atoms with E-state index in [1.807, 2.05) is 0 Å². The van der Waals surface area contributed by atoms with Crippen LogP contribution in [0.25, 0.3) is 11.0 Å². The molecule has 2 aromatic rings. The number of hydrogen-bond donors (Lipinski definition) is 1. The Labute approximate surface area is 83.5 Å². The zero-order valence-corrected chi connectivity index (χ0v) is 7.77. The average Bonchev–Trinajstić information content (AvgIpc) is 2.70. The molecule has 2 N–H and O–H groups in total. The number of H-pyrrole nitrogens is 2. The lowest BCUT2D eigenvalue weighted by molar-refractivity contribution is -0.349. The average molecular weight is 207 g/mol. The first-order valence-corrected chi connectivity index (χ1v) is 4.07. The Kier molecular flexibility index (Phi) is 2.13. The second kappa shape index (κ2) is 3.45. The molecule has 0 amide bonds. The van der Waals surface area contributed by atoms with Gasteiger partial charge >= 0.3 is 5.97 Å². The summed E-state index contributed by atoms with van der Waals surface area (Å²) in [7, 11) is 1.26. The minimum absolute atomic E-state index is 0.112. The molecule has 76 valence electrons. The molecule has 2 rings (SSSR count). The van der Waals surface area contributed by atoms with Crippen LogP contribution >= 0.6 is 0 Å². The molecule has 2 aromatic heterocycles. The van der Waals surface area contributed by atoms with Crippen molar-refractivity contribution in [2.45, 2.75) is 0 Å². The van der Waals surface area contributed by atoms with Crippen molar-refractivity contribution < 1.29 is 14.5 Å².